The van der Waals surface area contributed by atoms with Crippen LogP contribution >= 0.6 is 0 Å². The van der Waals surface area contributed by atoms with Gasteiger partial charge in [-0.2, -0.15) is 0 Å². The van der Waals surface area contributed by atoms with Crippen LogP contribution in [0.25, 0.3) is 0 Å². The minimum absolute atomic E-state index is 0.000647. The first-order valence-corrected chi connectivity index (χ1v) is 12.3. The van der Waals surface area contributed by atoms with Gasteiger partial charge in [-0.25, -0.2) is 12.7 Å². The van der Waals surface area contributed by atoms with E-state index in [0.29, 0.717) is 17.2 Å². The van der Waals surface area contributed by atoms with Crippen LogP contribution in [0.2, 0.25) is 0 Å². The van der Waals surface area contributed by atoms with Crippen molar-refractivity contribution < 1.29 is 27.5 Å². The number of nitrogens with one attached hydrogen (secondary N) is 2. The molecule has 9 nitrogen and oxygen atoms in total. The number of amides is 2. The highest BCUT2D eigenvalue weighted by Crippen LogP contribution is 2.46. The van der Waals surface area contributed by atoms with E-state index in [2.05, 4.69) is 10.6 Å². The number of nitrogens with zero attached hydrogens (tertiary/aromatic N) is 1. The molecule has 1 heterocycles. The van der Waals surface area contributed by atoms with Crippen molar-refractivity contribution in [3.05, 3.63) is 48.0 Å². The van der Waals surface area contributed by atoms with E-state index < -0.39 is 27.6 Å². The fourth-order valence-corrected chi connectivity index (χ4v) is 4.89. The third-order valence-corrected chi connectivity index (χ3v) is 7.53. The summed E-state index contributed by atoms with van der Waals surface area (Å²) >= 11 is 0. The molecule has 1 saturated carbocycles. The van der Waals surface area contributed by atoms with Crippen LogP contribution in [-0.2, 0) is 14.8 Å². The number of carbonyl (C=O) groups is 2. The van der Waals surface area contributed by atoms with Crippen molar-refractivity contribution in [2.75, 3.05) is 26.0 Å². The zero-order valence-electron chi connectivity index (χ0n) is 18.6. The lowest BCUT2D eigenvalue weighted by Gasteiger charge is -2.31. The summed E-state index contributed by atoms with van der Waals surface area (Å²) in [4.78, 5) is 24.8. The van der Waals surface area contributed by atoms with Crippen LogP contribution in [0, 0.1) is 0 Å². The Balaban J connectivity index is 1.34. The van der Waals surface area contributed by atoms with E-state index >= 15 is 0 Å². The summed E-state index contributed by atoms with van der Waals surface area (Å²) in [5.74, 6) is -0.308. The molecule has 1 fully saturated rings. The van der Waals surface area contributed by atoms with E-state index in [0.717, 1.165) is 30.0 Å². The molecule has 0 unspecified atom stereocenters. The molecule has 10 heteroatoms. The quantitative estimate of drug-likeness (QED) is 0.667. The largest absolute Gasteiger partial charge is 0.448 e. The third-order valence-electron chi connectivity index (χ3n) is 5.72. The van der Waals surface area contributed by atoms with Crippen LogP contribution in [-0.4, -0.2) is 51.0 Å². The molecule has 2 aromatic rings. The van der Waals surface area contributed by atoms with Crippen molar-refractivity contribution in [2.24, 2.45) is 0 Å². The molecule has 2 amide bonds. The van der Waals surface area contributed by atoms with E-state index in [-0.39, 0.29) is 17.0 Å². The number of ether oxygens (including phenoxy) is 2. The molecule has 0 radical (unpaired) electrons. The Morgan fingerprint density at radius 1 is 1.00 bits per heavy atom. The first-order valence-electron chi connectivity index (χ1n) is 10.8. The summed E-state index contributed by atoms with van der Waals surface area (Å²) in [6.45, 7) is -0.276. The number of carbonyl (C=O) groups excluding carboxylic acids is 2. The Morgan fingerprint density at radius 2 is 1.73 bits per heavy atom. The number of benzene rings is 2. The van der Waals surface area contributed by atoms with Gasteiger partial charge in [0.1, 0.15) is 0 Å². The van der Waals surface area contributed by atoms with E-state index in [1.165, 1.54) is 44.8 Å². The van der Waals surface area contributed by atoms with Gasteiger partial charge in [-0.05, 0) is 43.2 Å². The Labute approximate surface area is 193 Å². The number of anilines is 1. The lowest BCUT2D eigenvalue weighted by atomic mass is 9.94. The second kappa shape index (κ2) is 9.03. The summed E-state index contributed by atoms with van der Waals surface area (Å²) in [6.07, 6.45) is 4.97. The van der Waals surface area contributed by atoms with Gasteiger partial charge in [-0.1, -0.05) is 12.5 Å². The lowest BCUT2D eigenvalue weighted by Crippen LogP contribution is -2.40. The standard InChI is InChI=1S/C23H27N3O6S/c1-26(2)33(29,30)18-8-6-7-16(13-18)22(28)24-15-21(27)25-17-9-10-19-20(14-17)32-23(31-19)11-4-3-5-12-23/h6-10,13-14H,3-5,11-12,15H2,1-2H3,(H,24,28)(H,25,27). The monoisotopic (exact) mass is 473 g/mol. The molecule has 1 aliphatic carbocycles. The van der Waals surface area contributed by atoms with Gasteiger partial charge in [0.15, 0.2) is 11.5 Å². The van der Waals surface area contributed by atoms with Gasteiger partial charge in [0.25, 0.3) is 11.7 Å². The maximum atomic E-state index is 12.4. The second-order valence-corrected chi connectivity index (χ2v) is 10.5. The number of hydrogen-bond acceptors (Lipinski definition) is 6. The SMILES string of the molecule is CN(C)S(=O)(=O)c1cccc(C(=O)NCC(=O)Nc2ccc3c(c2)OC2(CCCCC2)O3)c1. The molecule has 1 spiro atoms. The van der Waals surface area contributed by atoms with Crippen molar-refractivity contribution in [2.45, 2.75) is 42.8 Å². The van der Waals surface area contributed by atoms with E-state index in [4.69, 9.17) is 9.47 Å². The van der Waals surface area contributed by atoms with Crippen LogP contribution in [0.1, 0.15) is 42.5 Å². The Morgan fingerprint density at radius 3 is 2.45 bits per heavy atom. The molecule has 2 aromatic carbocycles. The van der Waals surface area contributed by atoms with Crippen LogP contribution in [0.15, 0.2) is 47.4 Å². The highest BCUT2D eigenvalue weighted by atomic mass is 32.2. The molecule has 4 rings (SSSR count). The summed E-state index contributed by atoms with van der Waals surface area (Å²) in [6, 6.07) is 10.9. The molecule has 2 aliphatic rings. The number of hydrogen-bond donors (Lipinski definition) is 2. The molecule has 1 aliphatic heterocycles. The van der Waals surface area contributed by atoms with Crippen molar-refractivity contribution in [1.29, 1.82) is 0 Å². The summed E-state index contributed by atoms with van der Waals surface area (Å²) in [5, 5.41) is 5.24. The zero-order chi connectivity index (χ0) is 23.6. The first kappa shape index (κ1) is 23.1. The predicted octanol–water partition coefficient (Wildman–Crippen LogP) is 2.74. The van der Waals surface area contributed by atoms with E-state index in [1.807, 2.05) is 0 Å². The fourth-order valence-electron chi connectivity index (χ4n) is 3.94. The Hall–Kier alpha value is -3.11. The average molecular weight is 474 g/mol. The lowest BCUT2D eigenvalue weighted by molar-refractivity contribution is -0.115. The molecule has 33 heavy (non-hydrogen) atoms. The summed E-state index contributed by atoms with van der Waals surface area (Å²) < 4.78 is 37.7. The average Bonchev–Trinajstić information content (AvgIpc) is 3.14. The van der Waals surface area contributed by atoms with Gasteiger partial charge in [0.05, 0.1) is 11.4 Å². The maximum Gasteiger partial charge on any atom is 0.251 e. The Bertz CT molecular complexity index is 1170. The number of rotatable bonds is 6. The second-order valence-electron chi connectivity index (χ2n) is 8.38. The van der Waals surface area contributed by atoms with Crippen LogP contribution in [0.4, 0.5) is 5.69 Å². The minimum Gasteiger partial charge on any atom is -0.448 e. The molecule has 176 valence electrons. The van der Waals surface area contributed by atoms with E-state index in [1.54, 1.807) is 18.2 Å². The number of sulfonamides is 1. The van der Waals surface area contributed by atoms with E-state index in [9.17, 15) is 18.0 Å². The van der Waals surface area contributed by atoms with Crippen LogP contribution in [0.3, 0.4) is 0 Å². The molecule has 0 saturated heterocycles. The molecule has 0 bridgehead atoms. The summed E-state index contributed by atoms with van der Waals surface area (Å²) in [5.41, 5.74) is 0.676. The normalized spacial score (nSPS) is 16.6. The van der Waals surface area contributed by atoms with Gasteiger partial charge < -0.3 is 20.1 Å². The first-order chi connectivity index (χ1) is 15.7. The fraction of sp³-hybridized carbons (Fsp3) is 0.391. The van der Waals surface area contributed by atoms with Crippen LogP contribution < -0.4 is 20.1 Å². The highest BCUT2D eigenvalue weighted by Gasteiger charge is 2.42. The van der Waals surface area contributed by atoms with Crippen molar-refractivity contribution in [1.82, 2.24) is 9.62 Å². The number of fused-ring (bicyclic) bond motifs is 1. The molecule has 0 atom stereocenters. The smallest absolute Gasteiger partial charge is 0.251 e. The van der Waals surface area contributed by atoms with Gasteiger partial charge >= 0.3 is 0 Å². The maximum absolute atomic E-state index is 12.4. The molecule has 0 aromatic heterocycles. The highest BCUT2D eigenvalue weighted by molar-refractivity contribution is 7.89. The minimum atomic E-state index is -3.67. The topological polar surface area (TPSA) is 114 Å². The molecule has 2 N–H and O–H groups in total. The van der Waals surface area contributed by atoms with Crippen LogP contribution in [0.5, 0.6) is 11.5 Å². The van der Waals surface area contributed by atoms with Gasteiger partial charge in [-0.3, -0.25) is 9.59 Å². The molecular weight excluding hydrogens is 446 g/mol. The van der Waals surface area contributed by atoms with Crippen molar-refractivity contribution >= 4 is 27.5 Å². The zero-order valence-corrected chi connectivity index (χ0v) is 19.4. The third kappa shape index (κ3) is 4.96. The summed E-state index contributed by atoms with van der Waals surface area (Å²) in [7, 11) is -0.840. The van der Waals surface area contributed by atoms with Gasteiger partial charge in [-0.15, -0.1) is 0 Å². The van der Waals surface area contributed by atoms with Gasteiger partial charge in [0.2, 0.25) is 15.9 Å². The van der Waals surface area contributed by atoms with Crippen molar-refractivity contribution in [3.8, 4) is 11.5 Å². The van der Waals surface area contributed by atoms with Gasteiger partial charge in [0, 0.05) is 44.3 Å². The predicted molar refractivity (Wildman–Crippen MR) is 122 cm³/mol. The molecular formula is C23H27N3O6S. The van der Waals surface area contributed by atoms with Crippen molar-refractivity contribution in [3.63, 3.8) is 0 Å². The Kier molecular flexibility index (Phi) is 6.31.